The second-order valence-electron chi connectivity index (χ2n) is 7.86. The molecule has 4 rings (SSSR count). The van der Waals surface area contributed by atoms with E-state index in [-0.39, 0.29) is 0 Å². The van der Waals surface area contributed by atoms with Gasteiger partial charge in [0.2, 0.25) is 10.0 Å². The van der Waals surface area contributed by atoms with E-state index in [1.54, 1.807) is 22.5 Å². The second-order valence-corrected chi connectivity index (χ2v) is 10.7. The van der Waals surface area contributed by atoms with Crippen LogP contribution in [0.5, 0.6) is 0 Å². The smallest absolute Gasteiger partial charge is 0.243 e. The second kappa shape index (κ2) is 9.61. The van der Waals surface area contributed by atoms with Gasteiger partial charge in [0.05, 0.1) is 4.90 Å². The maximum absolute atomic E-state index is 13.7. The molecular formula is C26H26BrNO3S. The highest BCUT2D eigenvalue weighted by Crippen LogP contribution is 2.29. The van der Waals surface area contributed by atoms with E-state index in [9.17, 15) is 8.42 Å². The summed E-state index contributed by atoms with van der Waals surface area (Å²) < 4.78 is 35.9. The first-order valence-electron chi connectivity index (χ1n) is 10.7. The Balaban J connectivity index is 1.69. The highest BCUT2D eigenvalue weighted by Gasteiger charge is 2.26. The van der Waals surface area contributed by atoms with Gasteiger partial charge in [0, 0.05) is 29.4 Å². The molecule has 6 heteroatoms. The number of hydrogen-bond acceptors (Lipinski definition) is 3. The van der Waals surface area contributed by atoms with Gasteiger partial charge < -0.3 is 4.42 Å². The zero-order chi connectivity index (χ0) is 22.7. The van der Waals surface area contributed by atoms with Crippen LogP contribution in [0.3, 0.4) is 0 Å². The Kier molecular flexibility index (Phi) is 6.84. The van der Waals surface area contributed by atoms with Crippen molar-refractivity contribution in [2.45, 2.75) is 38.1 Å². The fourth-order valence-electron chi connectivity index (χ4n) is 3.87. The zero-order valence-electron chi connectivity index (χ0n) is 18.2. The van der Waals surface area contributed by atoms with Gasteiger partial charge in [-0.3, -0.25) is 0 Å². The summed E-state index contributed by atoms with van der Waals surface area (Å²) in [5.74, 6) is 0.894. The van der Waals surface area contributed by atoms with Crippen molar-refractivity contribution in [2.75, 3.05) is 6.54 Å². The number of halogens is 1. The molecule has 0 saturated heterocycles. The molecule has 0 bridgehead atoms. The molecule has 0 fully saturated rings. The van der Waals surface area contributed by atoms with Crippen molar-refractivity contribution in [3.05, 3.63) is 99.7 Å². The molecule has 0 radical (unpaired) electrons. The van der Waals surface area contributed by atoms with Gasteiger partial charge in [-0.1, -0.05) is 65.3 Å². The molecule has 1 heterocycles. The van der Waals surface area contributed by atoms with Crippen molar-refractivity contribution in [3.63, 3.8) is 0 Å². The number of hydrogen-bond donors (Lipinski definition) is 0. The molecule has 0 unspecified atom stereocenters. The van der Waals surface area contributed by atoms with Crippen molar-refractivity contribution >= 4 is 36.9 Å². The van der Waals surface area contributed by atoms with Crippen molar-refractivity contribution < 1.29 is 12.8 Å². The van der Waals surface area contributed by atoms with E-state index in [0.717, 1.165) is 44.3 Å². The average molecular weight is 512 g/mol. The molecule has 0 spiro atoms. The molecule has 3 aromatic carbocycles. The fourth-order valence-corrected chi connectivity index (χ4v) is 5.59. The lowest BCUT2D eigenvalue weighted by Crippen LogP contribution is -2.32. The summed E-state index contributed by atoms with van der Waals surface area (Å²) in [7, 11) is -3.71. The Hall–Kier alpha value is -2.41. The van der Waals surface area contributed by atoms with Gasteiger partial charge in [0.1, 0.15) is 11.3 Å². The zero-order valence-corrected chi connectivity index (χ0v) is 20.6. The van der Waals surface area contributed by atoms with Gasteiger partial charge in [0.15, 0.2) is 0 Å². The minimum absolute atomic E-state index is 0.293. The van der Waals surface area contributed by atoms with Crippen LogP contribution >= 0.6 is 15.9 Å². The summed E-state index contributed by atoms with van der Waals surface area (Å²) in [6.07, 6.45) is 1.42. The lowest BCUT2D eigenvalue weighted by molar-refractivity contribution is 0.409. The predicted molar refractivity (Wildman–Crippen MR) is 132 cm³/mol. The minimum Gasteiger partial charge on any atom is -0.461 e. The van der Waals surface area contributed by atoms with Gasteiger partial charge in [-0.2, -0.15) is 4.31 Å². The van der Waals surface area contributed by atoms with E-state index in [4.69, 9.17) is 4.42 Å². The van der Waals surface area contributed by atoms with E-state index in [0.29, 0.717) is 24.4 Å². The van der Waals surface area contributed by atoms with Crippen LogP contribution in [0.1, 0.15) is 29.4 Å². The minimum atomic E-state index is -3.71. The summed E-state index contributed by atoms with van der Waals surface area (Å²) >= 11 is 3.45. The van der Waals surface area contributed by atoms with Crippen LogP contribution in [-0.4, -0.2) is 19.3 Å². The molecule has 0 aliphatic heterocycles. The van der Waals surface area contributed by atoms with Crippen LogP contribution in [0.15, 0.2) is 86.6 Å². The monoisotopic (exact) mass is 511 g/mol. The van der Waals surface area contributed by atoms with Crippen LogP contribution in [0.4, 0.5) is 0 Å². The first kappa shape index (κ1) is 22.8. The Bertz CT molecular complexity index is 1310. The lowest BCUT2D eigenvalue weighted by Gasteiger charge is -2.23. The Morgan fingerprint density at radius 1 is 0.938 bits per heavy atom. The molecule has 0 atom stereocenters. The molecule has 166 valence electrons. The largest absolute Gasteiger partial charge is 0.461 e. The van der Waals surface area contributed by atoms with Crippen LogP contribution in [-0.2, 0) is 29.4 Å². The Labute approximate surface area is 198 Å². The number of furan rings is 1. The third-order valence-electron chi connectivity index (χ3n) is 5.73. The molecule has 4 aromatic rings. The summed E-state index contributed by atoms with van der Waals surface area (Å²) in [6, 6.07) is 22.9. The Morgan fingerprint density at radius 2 is 1.66 bits per heavy atom. The van der Waals surface area contributed by atoms with E-state index in [2.05, 4.69) is 15.9 Å². The first-order chi connectivity index (χ1) is 15.4. The molecule has 4 nitrogen and oxygen atoms in total. The van der Waals surface area contributed by atoms with Crippen LogP contribution < -0.4 is 0 Å². The summed E-state index contributed by atoms with van der Waals surface area (Å²) in [4.78, 5) is 0.293. The van der Waals surface area contributed by atoms with Gasteiger partial charge in [0.25, 0.3) is 0 Å². The highest BCUT2D eigenvalue weighted by atomic mass is 79.9. The van der Waals surface area contributed by atoms with E-state index in [1.165, 1.54) is 0 Å². The summed E-state index contributed by atoms with van der Waals surface area (Å²) in [5, 5.41) is 0.856. The van der Waals surface area contributed by atoms with Crippen LogP contribution in [0.25, 0.3) is 11.0 Å². The topological polar surface area (TPSA) is 50.5 Å². The molecule has 0 aliphatic carbocycles. The standard InChI is InChI=1S/C26H26BrNO3S/c1-3-25-19(2)24-17-23(13-14-26(24)31-25)32(29,30)28(16-15-20-7-5-4-6-8-20)18-21-9-11-22(27)12-10-21/h4-14,17H,3,15-16,18H2,1-2H3. The number of fused-ring (bicyclic) bond motifs is 1. The van der Waals surface area contributed by atoms with Gasteiger partial charge >= 0.3 is 0 Å². The van der Waals surface area contributed by atoms with Crippen molar-refractivity contribution in [2.24, 2.45) is 0 Å². The average Bonchev–Trinajstić information content (AvgIpc) is 3.13. The van der Waals surface area contributed by atoms with Gasteiger partial charge in [-0.05, 0) is 60.4 Å². The Morgan fingerprint density at radius 3 is 2.34 bits per heavy atom. The van der Waals surface area contributed by atoms with Crippen molar-refractivity contribution in [1.82, 2.24) is 4.31 Å². The van der Waals surface area contributed by atoms with Gasteiger partial charge in [-0.15, -0.1) is 0 Å². The fraction of sp³-hybridized carbons (Fsp3) is 0.231. The van der Waals surface area contributed by atoms with E-state index >= 15 is 0 Å². The SMILES string of the molecule is CCc1oc2ccc(S(=O)(=O)N(CCc3ccccc3)Cc3ccc(Br)cc3)cc2c1C. The molecule has 32 heavy (non-hydrogen) atoms. The number of nitrogens with zero attached hydrogens (tertiary/aromatic N) is 1. The molecule has 0 amide bonds. The molecule has 0 saturated carbocycles. The van der Waals surface area contributed by atoms with E-state index < -0.39 is 10.0 Å². The van der Waals surface area contributed by atoms with Crippen LogP contribution in [0, 0.1) is 6.92 Å². The molecule has 0 aliphatic rings. The van der Waals surface area contributed by atoms with E-state index in [1.807, 2.05) is 68.4 Å². The van der Waals surface area contributed by atoms with Gasteiger partial charge in [-0.25, -0.2) is 8.42 Å². The predicted octanol–water partition coefficient (Wildman–Crippen LogP) is 6.50. The normalized spacial score (nSPS) is 12.0. The first-order valence-corrected chi connectivity index (χ1v) is 12.9. The number of rotatable bonds is 8. The van der Waals surface area contributed by atoms with Crippen molar-refractivity contribution in [3.8, 4) is 0 Å². The summed E-state index contributed by atoms with van der Waals surface area (Å²) in [6.45, 7) is 4.72. The third-order valence-corrected chi connectivity index (χ3v) is 8.10. The lowest BCUT2D eigenvalue weighted by atomic mass is 10.1. The summed E-state index contributed by atoms with van der Waals surface area (Å²) in [5.41, 5.74) is 3.78. The number of benzene rings is 3. The van der Waals surface area contributed by atoms with Crippen molar-refractivity contribution in [1.29, 1.82) is 0 Å². The quantitative estimate of drug-likeness (QED) is 0.271. The maximum atomic E-state index is 13.7. The molecular weight excluding hydrogens is 486 g/mol. The molecule has 1 aromatic heterocycles. The number of aryl methyl sites for hydroxylation is 2. The van der Waals surface area contributed by atoms with Crippen LogP contribution in [0.2, 0.25) is 0 Å². The number of sulfonamides is 1. The third kappa shape index (κ3) is 4.82. The maximum Gasteiger partial charge on any atom is 0.243 e. The highest BCUT2D eigenvalue weighted by molar-refractivity contribution is 9.10. The molecule has 0 N–H and O–H groups in total.